The molecule has 8 nitrogen and oxygen atoms in total. The van der Waals surface area contributed by atoms with Gasteiger partial charge in [-0.05, 0) is 12.1 Å². The maximum Gasteiger partial charge on any atom is 0.203 e. The highest BCUT2D eigenvalue weighted by Crippen LogP contribution is 2.42. The van der Waals surface area contributed by atoms with Gasteiger partial charge in [0.1, 0.15) is 0 Å². The van der Waals surface area contributed by atoms with Crippen molar-refractivity contribution in [3.05, 3.63) is 23.5 Å². The Morgan fingerprint density at radius 3 is 2.37 bits per heavy atom. The molecule has 0 saturated heterocycles. The lowest BCUT2D eigenvalue weighted by molar-refractivity contribution is 0.321. The lowest BCUT2D eigenvalue weighted by atomic mass is 10.0. The van der Waals surface area contributed by atoms with Crippen LogP contribution in [-0.4, -0.2) is 42.0 Å². The van der Waals surface area contributed by atoms with Crippen molar-refractivity contribution in [3.63, 3.8) is 0 Å². The minimum atomic E-state index is -0.575. The van der Waals surface area contributed by atoms with Crippen LogP contribution in [0.25, 0.3) is 0 Å². The van der Waals surface area contributed by atoms with Gasteiger partial charge >= 0.3 is 0 Å². The van der Waals surface area contributed by atoms with Gasteiger partial charge in [-0.2, -0.15) is 5.21 Å². The molecule has 0 aliphatic carbocycles. The molecule has 2 rings (SSSR count). The number of rotatable bonds is 5. The molecule has 0 saturated carbocycles. The average molecular weight is 265 g/mol. The summed E-state index contributed by atoms with van der Waals surface area (Å²) >= 11 is 0. The zero-order valence-corrected chi connectivity index (χ0v) is 10.9. The Hall–Kier alpha value is -2.35. The van der Waals surface area contributed by atoms with Gasteiger partial charge in [-0.15, -0.1) is 10.2 Å². The van der Waals surface area contributed by atoms with Crippen LogP contribution in [0.3, 0.4) is 0 Å². The van der Waals surface area contributed by atoms with Gasteiger partial charge in [0.25, 0.3) is 0 Å². The molecule has 2 aromatic rings. The minimum Gasteiger partial charge on any atom is -0.493 e. The Kier molecular flexibility index (Phi) is 3.81. The molecule has 1 aromatic carbocycles. The number of methoxy groups -OCH3 is 3. The molecule has 3 N–H and O–H groups in total. The van der Waals surface area contributed by atoms with Crippen LogP contribution in [0.4, 0.5) is 0 Å². The second-order valence-corrected chi connectivity index (χ2v) is 3.67. The standard InChI is InChI=1S/C11H15N5O3/c1-17-7-5-4-6(9(18-2)10(7)19-3)8(12)11-13-15-16-14-11/h4-5,8H,12H2,1-3H3,(H,13,14,15,16). The Bertz CT molecular complexity index is 544. The van der Waals surface area contributed by atoms with E-state index in [9.17, 15) is 0 Å². The summed E-state index contributed by atoms with van der Waals surface area (Å²) in [7, 11) is 4.61. The Morgan fingerprint density at radius 2 is 1.84 bits per heavy atom. The summed E-state index contributed by atoms with van der Waals surface area (Å²) < 4.78 is 15.9. The van der Waals surface area contributed by atoms with Gasteiger partial charge in [0.15, 0.2) is 17.3 Å². The highest BCUT2D eigenvalue weighted by Gasteiger charge is 2.23. The molecule has 1 atom stereocenters. The first kappa shape index (κ1) is 13.1. The third-order valence-corrected chi connectivity index (χ3v) is 2.71. The maximum atomic E-state index is 6.09. The molecular formula is C11H15N5O3. The highest BCUT2D eigenvalue weighted by molar-refractivity contribution is 5.57. The van der Waals surface area contributed by atoms with E-state index < -0.39 is 6.04 Å². The van der Waals surface area contributed by atoms with Crippen LogP contribution in [0.1, 0.15) is 17.4 Å². The smallest absolute Gasteiger partial charge is 0.203 e. The predicted octanol–water partition coefficient (Wildman–Crippen LogP) is 0.274. The monoisotopic (exact) mass is 265 g/mol. The topological polar surface area (TPSA) is 108 Å². The van der Waals surface area contributed by atoms with Crippen molar-refractivity contribution in [2.24, 2.45) is 5.73 Å². The summed E-state index contributed by atoms with van der Waals surface area (Å²) in [4.78, 5) is 0. The summed E-state index contributed by atoms with van der Waals surface area (Å²) in [5.41, 5.74) is 6.77. The number of aromatic amines is 1. The fraction of sp³-hybridized carbons (Fsp3) is 0.364. The van der Waals surface area contributed by atoms with E-state index in [-0.39, 0.29) is 0 Å². The van der Waals surface area contributed by atoms with Gasteiger partial charge < -0.3 is 19.9 Å². The van der Waals surface area contributed by atoms with Crippen LogP contribution >= 0.6 is 0 Å². The van der Waals surface area contributed by atoms with Crippen molar-refractivity contribution >= 4 is 0 Å². The first-order valence-electron chi connectivity index (χ1n) is 5.50. The molecule has 1 heterocycles. The zero-order chi connectivity index (χ0) is 13.8. The minimum absolute atomic E-state index is 0.366. The van der Waals surface area contributed by atoms with Gasteiger partial charge in [0.2, 0.25) is 5.75 Å². The fourth-order valence-electron chi connectivity index (χ4n) is 1.81. The molecule has 19 heavy (non-hydrogen) atoms. The number of tetrazole rings is 1. The number of H-pyrrole nitrogens is 1. The van der Waals surface area contributed by atoms with E-state index >= 15 is 0 Å². The molecule has 0 fully saturated rings. The summed E-state index contributed by atoms with van der Waals surface area (Å²) in [6.07, 6.45) is 0. The van der Waals surface area contributed by atoms with Crippen molar-refractivity contribution in [1.29, 1.82) is 0 Å². The van der Waals surface area contributed by atoms with Crippen molar-refractivity contribution in [2.75, 3.05) is 21.3 Å². The maximum absolute atomic E-state index is 6.09. The van der Waals surface area contributed by atoms with Crippen LogP contribution in [0.15, 0.2) is 12.1 Å². The summed E-state index contributed by atoms with van der Waals surface area (Å²) in [6, 6.07) is 2.95. The van der Waals surface area contributed by atoms with Gasteiger partial charge in [0.05, 0.1) is 27.4 Å². The number of hydrogen-bond acceptors (Lipinski definition) is 7. The van der Waals surface area contributed by atoms with Gasteiger partial charge in [-0.3, -0.25) is 0 Å². The molecule has 1 unspecified atom stereocenters. The molecule has 0 amide bonds. The van der Waals surface area contributed by atoms with E-state index in [2.05, 4.69) is 20.6 Å². The number of nitrogens with zero attached hydrogens (tertiary/aromatic N) is 3. The third-order valence-electron chi connectivity index (χ3n) is 2.71. The van der Waals surface area contributed by atoms with E-state index in [1.54, 1.807) is 19.2 Å². The van der Waals surface area contributed by atoms with Gasteiger partial charge in [-0.1, -0.05) is 5.21 Å². The van der Waals surface area contributed by atoms with E-state index in [1.807, 2.05) is 0 Å². The number of ether oxygens (including phenoxy) is 3. The average Bonchev–Trinajstić information content (AvgIpc) is 2.98. The number of aromatic nitrogens is 4. The van der Waals surface area contributed by atoms with E-state index in [1.165, 1.54) is 14.2 Å². The lowest BCUT2D eigenvalue weighted by Gasteiger charge is -2.17. The molecule has 0 bridgehead atoms. The second-order valence-electron chi connectivity index (χ2n) is 3.67. The Balaban J connectivity index is 2.51. The lowest BCUT2D eigenvalue weighted by Crippen LogP contribution is -2.15. The summed E-state index contributed by atoms with van der Waals surface area (Å²) in [5.74, 6) is 1.88. The molecule has 0 spiro atoms. The quantitative estimate of drug-likeness (QED) is 0.798. The van der Waals surface area contributed by atoms with Crippen molar-refractivity contribution in [1.82, 2.24) is 20.6 Å². The Morgan fingerprint density at radius 1 is 1.11 bits per heavy atom. The van der Waals surface area contributed by atoms with Crippen LogP contribution in [0.5, 0.6) is 17.2 Å². The highest BCUT2D eigenvalue weighted by atomic mass is 16.5. The molecule has 0 aliphatic rings. The number of benzene rings is 1. The van der Waals surface area contributed by atoms with Crippen LogP contribution in [-0.2, 0) is 0 Å². The van der Waals surface area contributed by atoms with Crippen LogP contribution < -0.4 is 19.9 Å². The van der Waals surface area contributed by atoms with Crippen molar-refractivity contribution in [2.45, 2.75) is 6.04 Å². The SMILES string of the molecule is COc1ccc(C(N)c2nn[nH]n2)c(OC)c1OC. The molecule has 102 valence electrons. The van der Waals surface area contributed by atoms with Crippen LogP contribution in [0, 0.1) is 0 Å². The third kappa shape index (κ3) is 2.29. The molecule has 0 aliphatic heterocycles. The molecule has 1 aromatic heterocycles. The first-order chi connectivity index (χ1) is 9.22. The van der Waals surface area contributed by atoms with E-state index in [0.29, 0.717) is 28.6 Å². The fourth-order valence-corrected chi connectivity index (χ4v) is 1.81. The number of nitrogens with two attached hydrogens (primary N) is 1. The van der Waals surface area contributed by atoms with Gasteiger partial charge in [-0.25, -0.2) is 0 Å². The number of nitrogens with one attached hydrogen (secondary N) is 1. The summed E-state index contributed by atoms with van der Waals surface area (Å²) in [6.45, 7) is 0. The predicted molar refractivity (Wildman–Crippen MR) is 66.3 cm³/mol. The Labute approximate surface area is 109 Å². The normalized spacial score (nSPS) is 12.0. The van der Waals surface area contributed by atoms with Crippen molar-refractivity contribution < 1.29 is 14.2 Å². The zero-order valence-electron chi connectivity index (χ0n) is 10.9. The van der Waals surface area contributed by atoms with Crippen LogP contribution in [0.2, 0.25) is 0 Å². The summed E-state index contributed by atoms with van der Waals surface area (Å²) in [5, 5.41) is 13.6. The molecular weight excluding hydrogens is 250 g/mol. The van der Waals surface area contributed by atoms with E-state index in [0.717, 1.165) is 0 Å². The van der Waals surface area contributed by atoms with Gasteiger partial charge in [0, 0.05) is 5.56 Å². The van der Waals surface area contributed by atoms with Crippen molar-refractivity contribution in [3.8, 4) is 17.2 Å². The molecule has 0 radical (unpaired) electrons. The second kappa shape index (κ2) is 5.53. The first-order valence-corrected chi connectivity index (χ1v) is 5.50. The number of hydrogen-bond donors (Lipinski definition) is 2. The van der Waals surface area contributed by atoms with E-state index in [4.69, 9.17) is 19.9 Å². The molecule has 8 heteroatoms. The largest absolute Gasteiger partial charge is 0.493 e.